The summed E-state index contributed by atoms with van der Waals surface area (Å²) in [4.78, 5) is 9.17. The number of piperidine rings is 1. The van der Waals surface area contributed by atoms with Gasteiger partial charge in [0, 0.05) is 36.3 Å². The standard InChI is InChI=1S/C23H26ClN3O/c1-26(15-17-6-3-2-4-7-17)19-9-12-27(13-10-19)16-18-14-21(24)20-8-5-11-25-22(20)23(18)28/h2-8,11,14,19,28H,9-10,12-13,15-16H2,1H3. The second kappa shape index (κ2) is 8.48. The number of hydrogen-bond acceptors (Lipinski definition) is 4. The van der Waals surface area contributed by atoms with Crippen LogP contribution in [0.15, 0.2) is 54.7 Å². The Morgan fingerprint density at radius 1 is 1.14 bits per heavy atom. The Labute approximate surface area is 171 Å². The Kier molecular flexibility index (Phi) is 5.81. The number of aromatic hydroxyl groups is 1. The van der Waals surface area contributed by atoms with Crippen molar-refractivity contribution in [3.8, 4) is 5.75 Å². The molecule has 5 heteroatoms. The molecule has 0 unspecified atom stereocenters. The zero-order valence-electron chi connectivity index (χ0n) is 16.2. The summed E-state index contributed by atoms with van der Waals surface area (Å²) >= 11 is 6.42. The number of nitrogens with zero attached hydrogens (tertiary/aromatic N) is 3. The van der Waals surface area contributed by atoms with E-state index in [-0.39, 0.29) is 5.75 Å². The average Bonchev–Trinajstić information content (AvgIpc) is 2.73. The summed E-state index contributed by atoms with van der Waals surface area (Å²) in [5.74, 6) is 0.253. The van der Waals surface area contributed by atoms with Crippen LogP contribution in [0.3, 0.4) is 0 Å². The molecule has 0 amide bonds. The molecule has 28 heavy (non-hydrogen) atoms. The molecule has 1 saturated heterocycles. The van der Waals surface area contributed by atoms with Gasteiger partial charge in [-0.1, -0.05) is 41.9 Å². The van der Waals surface area contributed by atoms with E-state index in [2.05, 4.69) is 52.2 Å². The summed E-state index contributed by atoms with van der Waals surface area (Å²) in [6.45, 7) is 3.72. The predicted molar refractivity (Wildman–Crippen MR) is 115 cm³/mol. The number of aromatic nitrogens is 1. The minimum absolute atomic E-state index is 0.253. The molecule has 4 nitrogen and oxygen atoms in total. The van der Waals surface area contributed by atoms with Gasteiger partial charge in [0.2, 0.25) is 0 Å². The van der Waals surface area contributed by atoms with Crippen LogP contribution in [0.5, 0.6) is 5.75 Å². The van der Waals surface area contributed by atoms with Gasteiger partial charge in [0.1, 0.15) is 11.3 Å². The topological polar surface area (TPSA) is 39.6 Å². The fraction of sp³-hybridized carbons (Fsp3) is 0.348. The number of pyridine rings is 1. The van der Waals surface area contributed by atoms with E-state index in [9.17, 15) is 5.11 Å². The van der Waals surface area contributed by atoms with Crippen LogP contribution in [-0.2, 0) is 13.1 Å². The number of phenolic OH excluding ortho intramolecular Hbond substituents is 1. The van der Waals surface area contributed by atoms with E-state index >= 15 is 0 Å². The van der Waals surface area contributed by atoms with Crippen molar-refractivity contribution in [2.75, 3.05) is 20.1 Å². The van der Waals surface area contributed by atoms with Crippen LogP contribution in [0.4, 0.5) is 0 Å². The number of benzene rings is 2. The van der Waals surface area contributed by atoms with Crippen LogP contribution in [0.2, 0.25) is 5.02 Å². The van der Waals surface area contributed by atoms with Crippen molar-refractivity contribution in [3.63, 3.8) is 0 Å². The van der Waals surface area contributed by atoms with Gasteiger partial charge in [-0.25, -0.2) is 0 Å². The zero-order chi connectivity index (χ0) is 19.5. The Morgan fingerprint density at radius 2 is 1.89 bits per heavy atom. The summed E-state index contributed by atoms with van der Waals surface area (Å²) in [6.07, 6.45) is 3.95. The molecule has 1 aromatic heterocycles. The molecular weight excluding hydrogens is 370 g/mol. The molecule has 1 N–H and O–H groups in total. The number of fused-ring (bicyclic) bond motifs is 1. The highest BCUT2D eigenvalue weighted by molar-refractivity contribution is 6.35. The lowest BCUT2D eigenvalue weighted by atomic mass is 10.0. The molecule has 0 atom stereocenters. The van der Waals surface area contributed by atoms with Crippen molar-refractivity contribution in [2.45, 2.75) is 32.0 Å². The fourth-order valence-electron chi connectivity index (χ4n) is 4.12. The van der Waals surface area contributed by atoms with Gasteiger partial charge in [-0.05, 0) is 56.7 Å². The number of phenols is 1. The molecule has 3 aromatic rings. The van der Waals surface area contributed by atoms with E-state index in [0.29, 0.717) is 23.1 Å². The van der Waals surface area contributed by atoms with Gasteiger partial charge in [0.25, 0.3) is 0 Å². The molecule has 0 saturated carbocycles. The fourth-order valence-corrected chi connectivity index (χ4v) is 4.40. The van der Waals surface area contributed by atoms with Gasteiger partial charge in [0.05, 0.1) is 5.02 Å². The molecular formula is C23H26ClN3O. The lowest BCUT2D eigenvalue weighted by molar-refractivity contribution is 0.118. The van der Waals surface area contributed by atoms with Crippen molar-refractivity contribution in [3.05, 3.63) is 70.9 Å². The number of halogens is 1. The quantitative estimate of drug-likeness (QED) is 0.680. The monoisotopic (exact) mass is 395 g/mol. The molecule has 2 heterocycles. The minimum atomic E-state index is 0.253. The van der Waals surface area contributed by atoms with E-state index in [1.54, 1.807) is 6.20 Å². The normalized spacial score (nSPS) is 16.1. The summed E-state index contributed by atoms with van der Waals surface area (Å²) in [7, 11) is 2.22. The van der Waals surface area contributed by atoms with Gasteiger partial charge >= 0.3 is 0 Å². The third-order valence-corrected chi connectivity index (χ3v) is 6.06. The molecule has 1 aliphatic heterocycles. The maximum absolute atomic E-state index is 10.7. The maximum Gasteiger partial charge on any atom is 0.146 e. The van der Waals surface area contributed by atoms with E-state index in [1.165, 1.54) is 5.56 Å². The molecule has 1 aliphatic rings. The van der Waals surface area contributed by atoms with Crippen LogP contribution in [-0.4, -0.2) is 46.1 Å². The highest BCUT2D eigenvalue weighted by atomic mass is 35.5. The molecule has 0 aliphatic carbocycles. The predicted octanol–water partition coefficient (Wildman–Crippen LogP) is 4.69. The highest BCUT2D eigenvalue weighted by Crippen LogP contribution is 2.34. The van der Waals surface area contributed by atoms with Crippen LogP contribution >= 0.6 is 11.6 Å². The second-order valence-corrected chi connectivity index (χ2v) is 8.08. The molecule has 146 valence electrons. The van der Waals surface area contributed by atoms with Crippen molar-refractivity contribution >= 4 is 22.5 Å². The molecule has 0 spiro atoms. The van der Waals surface area contributed by atoms with Gasteiger partial charge in [-0.2, -0.15) is 0 Å². The first-order valence-corrected chi connectivity index (χ1v) is 10.2. The number of hydrogen-bond donors (Lipinski definition) is 1. The first-order valence-electron chi connectivity index (χ1n) is 9.83. The van der Waals surface area contributed by atoms with E-state index < -0.39 is 0 Å². The van der Waals surface area contributed by atoms with E-state index in [4.69, 9.17) is 11.6 Å². The van der Waals surface area contributed by atoms with Crippen molar-refractivity contribution in [1.82, 2.24) is 14.8 Å². The Bertz CT molecular complexity index is 939. The van der Waals surface area contributed by atoms with Crippen molar-refractivity contribution in [1.29, 1.82) is 0 Å². The summed E-state index contributed by atoms with van der Waals surface area (Å²) in [5, 5.41) is 12.1. The summed E-state index contributed by atoms with van der Waals surface area (Å²) < 4.78 is 0. The SMILES string of the molecule is CN(Cc1ccccc1)C1CCN(Cc2cc(Cl)c3cccnc3c2O)CC1. The van der Waals surface area contributed by atoms with Gasteiger partial charge < -0.3 is 5.11 Å². The third kappa shape index (κ3) is 4.14. The first kappa shape index (κ1) is 19.2. The van der Waals surface area contributed by atoms with Crippen LogP contribution < -0.4 is 0 Å². The zero-order valence-corrected chi connectivity index (χ0v) is 16.9. The van der Waals surface area contributed by atoms with Crippen molar-refractivity contribution < 1.29 is 5.11 Å². The van der Waals surface area contributed by atoms with Gasteiger partial charge in [0.15, 0.2) is 0 Å². The highest BCUT2D eigenvalue weighted by Gasteiger charge is 2.23. The van der Waals surface area contributed by atoms with Crippen LogP contribution in [0, 0.1) is 0 Å². The molecule has 0 bridgehead atoms. The second-order valence-electron chi connectivity index (χ2n) is 7.67. The van der Waals surface area contributed by atoms with Crippen LogP contribution in [0.1, 0.15) is 24.0 Å². The summed E-state index contributed by atoms with van der Waals surface area (Å²) in [5.41, 5.74) is 2.80. The Balaban J connectivity index is 1.38. The third-order valence-electron chi connectivity index (χ3n) is 5.74. The molecule has 2 aromatic carbocycles. The lowest BCUT2D eigenvalue weighted by Gasteiger charge is -2.37. The largest absolute Gasteiger partial charge is 0.505 e. The lowest BCUT2D eigenvalue weighted by Crippen LogP contribution is -2.42. The van der Waals surface area contributed by atoms with E-state index in [1.807, 2.05) is 18.2 Å². The molecule has 4 rings (SSSR count). The van der Waals surface area contributed by atoms with E-state index in [0.717, 1.165) is 43.4 Å². The molecule has 1 fully saturated rings. The number of likely N-dealkylation sites (tertiary alicyclic amines) is 1. The Hall–Kier alpha value is -2.14. The summed E-state index contributed by atoms with van der Waals surface area (Å²) in [6, 6.07) is 16.8. The number of rotatable bonds is 5. The Morgan fingerprint density at radius 3 is 2.64 bits per heavy atom. The minimum Gasteiger partial charge on any atom is -0.505 e. The average molecular weight is 396 g/mol. The smallest absolute Gasteiger partial charge is 0.146 e. The first-order chi connectivity index (χ1) is 13.6. The van der Waals surface area contributed by atoms with Gasteiger partial charge in [-0.3, -0.25) is 14.8 Å². The molecule has 0 radical (unpaired) electrons. The van der Waals surface area contributed by atoms with Crippen LogP contribution in [0.25, 0.3) is 10.9 Å². The maximum atomic E-state index is 10.7. The van der Waals surface area contributed by atoms with Gasteiger partial charge in [-0.15, -0.1) is 0 Å². The van der Waals surface area contributed by atoms with Crippen molar-refractivity contribution in [2.24, 2.45) is 0 Å².